The Morgan fingerprint density at radius 1 is 1.25 bits per heavy atom. The summed E-state index contributed by atoms with van der Waals surface area (Å²) in [6.45, 7) is 1.66. The van der Waals surface area contributed by atoms with Gasteiger partial charge in [-0.05, 0) is 24.6 Å². The third kappa shape index (κ3) is 5.68. The zero-order valence-corrected chi connectivity index (χ0v) is 13.3. The monoisotopic (exact) mass is 345 g/mol. The fraction of sp³-hybridized carbons (Fsp3) is 0.438. The third-order valence-electron chi connectivity index (χ3n) is 3.35. The van der Waals surface area contributed by atoms with Crippen molar-refractivity contribution in [2.45, 2.75) is 38.4 Å². The maximum Gasteiger partial charge on any atom is 0.416 e. The summed E-state index contributed by atoms with van der Waals surface area (Å²) < 4.78 is 42.6. The predicted molar refractivity (Wildman–Crippen MR) is 79.2 cm³/mol. The molecule has 0 spiro atoms. The van der Waals surface area contributed by atoms with Crippen LogP contribution in [0.1, 0.15) is 42.1 Å². The standard InChI is InChI=1S/C16H18F3NO4/c1-3-12(21)7-8-13(15(23)24-2)20-14(22)10-5-4-6-11(9-10)16(17,18)19/h4-6,9,13H,3,7-8H2,1-2H3,(H,20,22)/t13-/m0/s1. The number of hydrogen-bond donors (Lipinski definition) is 1. The molecule has 0 fully saturated rings. The molecule has 0 radical (unpaired) electrons. The molecule has 132 valence electrons. The average Bonchev–Trinajstić information content (AvgIpc) is 2.56. The first-order chi connectivity index (χ1) is 11.2. The molecule has 0 aromatic heterocycles. The highest BCUT2D eigenvalue weighted by Crippen LogP contribution is 2.29. The number of ketones is 1. The van der Waals surface area contributed by atoms with Gasteiger partial charge in [-0.15, -0.1) is 0 Å². The minimum absolute atomic E-state index is 0.0179. The van der Waals surface area contributed by atoms with Crippen molar-refractivity contribution < 1.29 is 32.3 Å². The highest BCUT2D eigenvalue weighted by molar-refractivity contribution is 5.97. The van der Waals surface area contributed by atoms with E-state index in [1.54, 1.807) is 6.92 Å². The fourth-order valence-electron chi connectivity index (χ4n) is 1.95. The first-order valence-corrected chi connectivity index (χ1v) is 7.26. The zero-order valence-electron chi connectivity index (χ0n) is 13.3. The Bertz CT molecular complexity index is 614. The number of rotatable bonds is 7. The van der Waals surface area contributed by atoms with Gasteiger partial charge >= 0.3 is 12.1 Å². The molecule has 8 heteroatoms. The van der Waals surface area contributed by atoms with Gasteiger partial charge in [0.2, 0.25) is 0 Å². The first-order valence-electron chi connectivity index (χ1n) is 7.26. The molecule has 1 aromatic rings. The van der Waals surface area contributed by atoms with E-state index in [9.17, 15) is 27.6 Å². The molecular formula is C16H18F3NO4. The minimum atomic E-state index is -4.58. The molecular weight excluding hydrogens is 327 g/mol. The van der Waals surface area contributed by atoms with E-state index in [1.807, 2.05) is 0 Å². The quantitative estimate of drug-likeness (QED) is 0.771. The van der Waals surface area contributed by atoms with Gasteiger partial charge in [0, 0.05) is 18.4 Å². The zero-order chi connectivity index (χ0) is 18.3. The van der Waals surface area contributed by atoms with Gasteiger partial charge in [0.25, 0.3) is 5.91 Å². The van der Waals surface area contributed by atoms with Crippen LogP contribution in [0.2, 0.25) is 0 Å². The van der Waals surface area contributed by atoms with Gasteiger partial charge in [-0.25, -0.2) is 4.79 Å². The number of esters is 1. The number of alkyl halides is 3. The van der Waals surface area contributed by atoms with Gasteiger partial charge < -0.3 is 10.1 Å². The van der Waals surface area contributed by atoms with Crippen LogP contribution in [0.4, 0.5) is 13.2 Å². The maximum absolute atomic E-state index is 12.7. The molecule has 1 aromatic carbocycles. The summed E-state index contributed by atoms with van der Waals surface area (Å²) in [6.07, 6.45) is -4.22. The van der Waals surface area contributed by atoms with Crippen LogP contribution in [0.5, 0.6) is 0 Å². The summed E-state index contributed by atoms with van der Waals surface area (Å²) in [5.74, 6) is -1.71. The number of benzene rings is 1. The summed E-state index contributed by atoms with van der Waals surface area (Å²) in [5, 5.41) is 2.31. The van der Waals surface area contributed by atoms with Crippen molar-refractivity contribution in [3.05, 3.63) is 35.4 Å². The van der Waals surface area contributed by atoms with Crippen molar-refractivity contribution in [2.24, 2.45) is 0 Å². The van der Waals surface area contributed by atoms with Gasteiger partial charge in [-0.2, -0.15) is 13.2 Å². The van der Waals surface area contributed by atoms with Crippen LogP contribution in [-0.4, -0.2) is 30.8 Å². The highest BCUT2D eigenvalue weighted by atomic mass is 19.4. The Kier molecular flexibility index (Phi) is 6.94. The van der Waals surface area contributed by atoms with E-state index in [0.29, 0.717) is 6.07 Å². The van der Waals surface area contributed by atoms with Crippen LogP contribution in [0.15, 0.2) is 24.3 Å². The highest BCUT2D eigenvalue weighted by Gasteiger charge is 2.31. The van der Waals surface area contributed by atoms with Gasteiger partial charge in [0.1, 0.15) is 11.8 Å². The second-order valence-electron chi connectivity index (χ2n) is 5.06. The van der Waals surface area contributed by atoms with Crippen LogP contribution < -0.4 is 5.32 Å². The van der Waals surface area contributed by atoms with E-state index in [1.165, 1.54) is 6.07 Å². The lowest BCUT2D eigenvalue weighted by molar-refractivity contribution is -0.143. The molecule has 1 rings (SSSR count). The van der Waals surface area contributed by atoms with Gasteiger partial charge in [-0.3, -0.25) is 9.59 Å². The SMILES string of the molecule is CCC(=O)CC[C@H](NC(=O)c1cccc(C(F)(F)F)c1)C(=O)OC. The number of carbonyl (C=O) groups excluding carboxylic acids is 3. The molecule has 1 N–H and O–H groups in total. The van der Waals surface area contributed by atoms with Gasteiger partial charge in [0.05, 0.1) is 12.7 Å². The molecule has 0 aliphatic rings. The van der Waals surface area contributed by atoms with Crippen molar-refractivity contribution in [1.82, 2.24) is 5.32 Å². The number of amides is 1. The Hall–Kier alpha value is -2.38. The molecule has 0 aliphatic heterocycles. The van der Waals surface area contributed by atoms with Crippen molar-refractivity contribution >= 4 is 17.7 Å². The van der Waals surface area contributed by atoms with Crippen LogP contribution in [-0.2, 0) is 20.5 Å². The van der Waals surface area contributed by atoms with Crippen molar-refractivity contribution in [3.63, 3.8) is 0 Å². The third-order valence-corrected chi connectivity index (χ3v) is 3.35. The van der Waals surface area contributed by atoms with E-state index in [4.69, 9.17) is 0 Å². The fourth-order valence-corrected chi connectivity index (χ4v) is 1.95. The van der Waals surface area contributed by atoms with Crippen molar-refractivity contribution in [3.8, 4) is 0 Å². The lowest BCUT2D eigenvalue weighted by Gasteiger charge is -2.16. The summed E-state index contributed by atoms with van der Waals surface area (Å²) in [7, 11) is 1.12. The van der Waals surface area contributed by atoms with Gasteiger partial charge in [0.15, 0.2) is 0 Å². The lowest BCUT2D eigenvalue weighted by atomic mass is 10.1. The minimum Gasteiger partial charge on any atom is -0.467 e. The first kappa shape index (κ1) is 19.7. The number of halogens is 3. The van der Waals surface area contributed by atoms with Crippen molar-refractivity contribution in [2.75, 3.05) is 7.11 Å². The molecule has 0 heterocycles. The topological polar surface area (TPSA) is 72.5 Å². The molecule has 0 saturated carbocycles. The molecule has 0 aliphatic carbocycles. The van der Waals surface area contributed by atoms with E-state index in [0.717, 1.165) is 19.2 Å². The second kappa shape index (κ2) is 8.47. The molecule has 0 saturated heterocycles. The molecule has 1 atom stereocenters. The normalized spacial score (nSPS) is 12.4. The number of methoxy groups -OCH3 is 1. The average molecular weight is 345 g/mol. The maximum atomic E-state index is 12.7. The van der Waals surface area contributed by atoms with E-state index in [-0.39, 0.29) is 30.6 Å². The predicted octanol–water partition coefficient (Wildman–Crippen LogP) is 2.74. The largest absolute Gasteiger partial charge is 0.467 e. The molecule has 0 bridgehead atoms. The van der Waals surface area contributed by atoms with Crippen LogP contribution in [0.3, 0.4) is 0 Å². The Labute approximate surface area is 137 Å². The lowest BCUT2D eigenvalue weighted by Crippen LogP contribution is -2.41. The second-order valence-corrected chi connectivity index (χ2v) is 5.06. The van der Waals surface area contributed by atoms with E-state index >= 15 is 0 Å². The Morgan fingerprint density at radius 2 is 1.92 bits per heavy atom. The molecule has 0 unspecified atom stereocenters. The van der Waals surface area contributed by atoms with Gasteiger partial charge in [-0.1, -0.05) is 13.0 Å². The smallest absolute Gasteiger partial charge is 0.416 e. The summed E-state index contributed by atoms with van der Waals surface area (Å²) in [6, 6.07) is 2.74. The number of carbonyl (C=O) groups is 3. The van der Waals surface area contributed by atoms with Crippen LogP contribution >= 0.6 is 0 Å². The number of Topliss-reactive ketones (excluding diaryl/α,β-unsaturated/α-hetero) is 1. The summed E-state index contributed by atoms with van der Waals surface area (Å²) >= 11 is 0. The summed E-state index contributed by atoms with van der Waals surface area (Å²) in [5.41, 5.74) is -1.20. The summed E-state index contributed by atoms with van der Waals surface area (Å²) in [4.78, 5) is 35.1. The number of nitrogens with one attached hydrogen (secondary N) is 1. The molecule has 24 heavy (non-hydrogen) atoms. The Morgan fingerprint density at radius 3 is 2.46 bits per heavy atom. The molecule has 1 amide bonds. The van der Waals surface area contributed by atoms with Crippen LogP contribution in [0.25, 0.3) is 0 Å². The number of hydrogen-bond acceptors (Lipinski definition) is 4. The Balaban J connectivity index is 2.88. The number of ether oxygens (including phenoxy) is 1. The van der Waals surface area contributed by atoms with Crippen LogP contribution in [0, 0.1) is 0 Å². The van der Waals surface area contributed by atoms with Crippen molar-refractivity contribution in [1.29, 1.82) is 0 Å². The molecule has 5 nitrogen and oxygen atoms in total. The van der Waals surface area contributed by atoms with E-state index < -0.39 is 29.7 Å². The van der Waals surface area contributed by atoms with E-state index in [2.05, 4.69) is 10.1 Å².